The summed E-state index contributed by atoms with van der Waals surface area (Å²) in [5.41, 5.74) is 3.85. The number of aryl methyl sites for hydroxylation is 2. The number of benzene rings is 1. The molecule has 1 rings (SSSR count). The monoisotopic (exact) mass is 218 g/mol. The summed E-state index contributed by atoms with van der Waals surface area (Å²) < 4.78 is 5.51. The van der Waals surface area contributed by atoms with Crippen LogP contribution in [0.15, 0.2) is 24.3 Å². The van der Waals surface area contributed by atoms with Gasteiger partial charge in [-0.15, -0.1) is 0 Å². The van der Waals surface area contributed by atoms with Crippen molar-refractivity contribution >= 4 is 0 Å². The Bertz CT molecular complexity index is 377. The molecule has 0 bridgehead atoms. The molecule has 16 heavy (non-hydrogen) atoms. The zero-order valence-corrected chi connectivity index (χ0v) is 11.0. The van der Waals surface area contributed by atoms with Crippen molar-refractivity contribution in [2.45, 2.75) is 40.0 Å². The first-order chi connectivity index (χ1) is 7.60. The molecule has 1 aromatic rings. The van der Waals surface area contributed by atoms with Crippen LogP contribution in [0.25, 0.3) is 0 Å². The lowest BCUT2D eigenvalue weighted by molar-refractivity contribution is 0.403. The third-order valence-corrected chi connectivity index (χ3v) is 2.91. The van der Waals surface area contributed by atoms with Crippen molar-refractivity contribution in [3.8, 4) is 5.75 Å². The molecule has 0 N–H and O–H groups in total. The third kappa shape index (κ3) is 2.88. The summed E-state index contributed by atoms with van der Waals surface area (Å²) in [5, 5.41) is 0. The van der Waals surface area contributed by atoms with Gasteiger partial charge in [0.15, 0.2) is 0 Å². The fraction of sp³-hybridized carbons (Fsp3) is 0.467. The first kappa shape index (κ1) is 12.8. The summed E-state index contributed by atoms with van der Waals surface area (Å²) in [5.74, 6) is 1.55. The van der Waals surface area contributed by atoms with Crippen molar-refractivity contribution in [3.05, 3.63) is 41.0 Å². The van der Waals surface area contributed by atoms with E-state index >= 15 is 0 Å². The summed E-state index contributed by atoms with van der Waals surface area (Å²) >= 11 is 0. The lowest BCUT2D eigenvalue weighted by atomic mass is 9.93. The smallest absolute Gasteiger partial charge is 0.125 e. The van der Waals surface area contributed by atoms with Gasteiger partial charge >= 0.3 is 0 Å². The van der Waals surface area contributed by atoms with Crippen LogP contribution in [-0.4, -0.2) is 7.11 Å². The molecule has 0 aliphatic rings. The van der Waals surface area contributed by atoms with Crippen LogP contribution in [0.2, 0.25) is 0 Å². The third-order valence-electron chi connectivity index (χ3n) is 2.91. The van der Waals surface area contributed by atoms with Crippen LogP contribution in [0.1, 0.15) is 42.9 Å². The predicted octanol–water partition coefficient (Wildman–Crippen LogP) is 4.38. The van der Waals surface area contributed by atoms with E-state index in [1.165, 1.54) is 16.7 Å². The second-order valence-corrected chi connectivity index (χ2v) is 4.41. The summed E-state index contributed by atoms with van der Waals surface area (Å²) in [4.78, 5) is 0. The minimum atomic E-state index is 0.504. The Kier molecular flexibility index (Phi) is 4.60. The van der Waals surface area contributed by atoms with Gasteiger partial charge in [-0.3, -0.25) is 0 Å². The Morgan fingerprint density at radius 3 is 2.56 bits per heavy atom. The molecule has 0 saturated heterocycles. The minimum Gasteiger partial charge on any atom is -0.496 e. The Morgan fingerprint density at radius 2 is 2.00 bits per heavy atom. The normalized spacial score (nSPS) is 13.1. The summed E-state index contributed by atoms with van der Waals surface area (Å²) in [6.45, 7) is 8.55. The van der Waals surface area contributed by atoms with Crippen molar-refractivity contribution in [2.75, 3.05) is 7.11 Å². The first-order valence-corrected chi connectivity index (χ1v) is 5.86. The highest BCUT2D eigenvalue weighted by molar-refractivity contribution is 5.45. The maximum absolute atomic E-state index is 5.51. The van der Waals surface area contributed by atoms with E-state index in [-0.39, 0.29) is 0 Å². The quantitative estimate of drug-likeness (QED) is 0.681. The minimum absolute atomic E-state index is 0.504. The van der Waals surface area contributed by atoms with E-state index < -0.39 is 0 Å². The van der Waals surface area contributed by atoms with Gasteiger partial charge in [0.2, 0.25) is 0 Å². The second kappa shape index (κ2) is 5.74. The topological polar surface area (TPSA) is 9.23 Å². The van der Waals surface area contributed by atoms with Gasteiger partial charge < -0.3 is 4.74 Å². The molecule has 1 nitrogen and oxygen atoms in total. The largest absolute Gasteiger partial charge is 0.496 e. The Morgan fingerprint density at radius 1 is 1.31 bits per heavy atom. The van der Waals surface area contributed by atoms with Gasteiger partial charge in [0.05, 0.1) is 7.11 Å². The van der Waals surface area contributed by atoms with E-state index in [1.54, 1.807) is 7.11 Å². The fourth-order valence-corrected chi connectivity index (χ4v) is 2.10. The molecule has 0 fully saturated rings. The highest BCUT2D eigenvalue weighted by atomic mass is 16.5. The lowest BCUT2D eigenvalue weighted by Gasteiger charge is -2.17. The van der Waals surface area contributed by atoms with Crippen LogP contribution in [0.3, 0.4) is 0 Å². The highest BCUT2D eigenvalue weighted by Crippen LogP contribution is 2.32. The highest BCUT2D eigenvalue weighted by Gasteiger charge is 2.12. The molecule has 1 heteroatoms. The molecule has 1 atom stereocenters. The Balaban J connectivity index is 3.09. The molecule has 1 aromatic carbocycles. The Hall–Kier alpha value is -1.24. The molecular formula is C15H22O. The molecular weight excluding hydrogens is 196 g/mol. The van der Waals surface area contributed by atoms with Crippen LogP contribution in [0.5, 0.6) is 5.75 Å². The zero-order chi connectivity index (χ0) is 12.1. The SMILES string of the molecule is C/C=C\CC(C)c1cc(C)cc(C)c1OC. The average molecular weight is 218 g/mol. The first-order valence-electron chi connectivity index (χ1n) is 5.86. The number of hydrogen-bond acceptors (Lipinski definition) is 1. The molecule has 0 saturated carbocycles. The van der Waals surface area contributed by atoms with E-state index in [2.05, 4.69) is 52.0 Å². The molecule has 0 radical (unpaired) electrons. The van der Waals surface area contributed by atoms with Gasteiger partial charge in [-0.05, 0) is 44.2 Å². The number of rotatable bonds is 4. The van der Waals surface area contributed by atoms with Crippen LogP contribution in [0.4, 0.5) is 0 Å². The van der Waals surface area contributed by atoms with Crippen molar-refractivity contribution in [1.82, 2.24) is 0 Å². The Labute approximate surface area is 99.1 Å². The van der Waals surface area contributed by atoms with Gasteiger partial charge in [-0.25, -0.2) is 0 Å². The van der Waals surface area contributed by atoms with Crippen molar-refractivity contribution in [3.63, 3.8) is 0 Å². The molecule has 88 valence electrons. The van der Waals surface area contributed by atoms with Crippen molar-refractivity contribution < 1.29 is 4.74 Å². The van der Waals surface area contributed by atoms with Crippen molar-refractivity contribution in [1.29, 1.82) is 0 Å². The summed E-state index contributed by atoms with van der Waals surface area (Å²) in [7, 11) is 1.75. The van der Waals surface area contributed by atoms with Gasteiger partial charge in [-0.1, -0.05) is 36.8 Å². The van der Waals surface area contributed by atoms with Gasteiger partial charge in [0, 0.05) is 0 Å². The van der Waals surface area contributed by atoms with Crippen LogP contribution in [-0.2, 0) is 0 Å². The maximum Gasteiger partial charge on any atom is 0.125 e. The van der Waals surface area contributed by atoms with Gasteiger partial charge in [-0.2, -0.15) is 0 Å². The van der Waals surface area contributed by atoms with E-state index in [0.29, 0.717) is 5.92 Å². The molecule has 0 heterocycles. The second-order valence-electron chi connectivity index (χ2n) is 4.41. The zero-order valence-electron chi connectivity index (χ0n) is 11.0. The molecule has 0 amide bonds. The molecule has 0 aliphatic heterocycles. The van der Waals surface area contributed by atoms with Crippen LogP contribution >= 0.6 is 0 Å². The van der Waals surface area contributed by atoms with Gasteiger partial charge in [0.1, 0.15) is 5.75 Å². The molecule has 0 aromatic heterocycles. The van der Waals surface area contributed by atoms with Gasteiger partial charge in [0.25, 0.3) is 0 Å². The van der Waals surface area contributed by atoms with Crippen LogP contribution < -0.4 is 4.74 Å². The maximum atomic E-state index is 5.51. The summed E-state index contributed by atoms with van der Waals surface area (Å²) in [6.07, 6.45) is 5.38. The van der Waals surface area contributed by atoms with E-state index in [4.69, 9.17) is 4.74 Å². The van der Waals surface area contributed by atoms with E-state index in [9.17, 15) is 0 Å². The van der Waals surface area contributed by atoms with Crippen LogP contribution in [0, 0.1) is 13.8 Å². The standard InChI is InChI=1S/C15H22O/c1-6-7-8-12(3)14-10-11(2)9-13(4)15(14)16-5/h6-7,9-10,12H,8H2,1-5H3/b7-6-. The van der Waals surface area contributed by atoms with E-state index in [1.807, 2.05) is 0 Å². The molecule has 1 unspecified atom stereocenters. The average Bonchev–Trinajstić information content (AvgIpc) is 2.24. The number of allylic oxidation sites excluding steroid dienone is 2. The number of ether oxygens (including phenoxy) is 1. The fourth-order valence-electron chi connectivity index (χ4n) is 2.10. The number of methoxy groups -OCH3 is 1. The predicted molar refractivity (Wildman–Crippen MR) is 70.3 cm³/mol. The van der Waals surface area contributed by atoms with E-state index in [0.717, 1.165) is 12.2 Å². The summed E-state index contributed by atoms with van der Waals surface area (Å²) in [6, 6.07) is 4.41. The molecule has 0 aliphatic carbocycles. The van der Waals surface area contributed by atoms with Crippen molar-refractivity contribution in [2.24, 2.45) is 0 Å². The molecule has 0 spiro atoms. The number of hydrogen-bond donors (Lipinski definition) is 0. The lowest BCUT2D eigenvalue weighted by Crippen LogP contribution is -2.00.